The maximum Gasteiger partial charge on any atom is 0.0439 e. The summed E-state index contributed by atoms with van der Waals surface area (Å²) in [5.41, 5.74) is 2.79. The second-order valence-electron chi connectivity index (χ2n) is 3.45. The number of fused-ring (bicyclic) bond motifs is 1. The van der Waals surface area contributed by atoms with Crippen LogP contribution in [0.1, 0.15) is 23.5 Å². The summed E-state index contributed by atoms with van der Waals surface area (Å²) in [4.78, 5) is 0. The van der Waals surface area contributed by atoms with E-state index in [4.69, 9.17) is 5.11 Å². The lowest BCUT2D eigenvalue weighted by Gasteiger charge is -2.19. The van der Waals surface area contributed by atoms with E-state index in [1.54, 1.807) is 0 Å². The fourth-order valence-corrected chi connectivity index (χ4v) is 1.94. The number of allylic oxidation sites excluding steroid dienone is 2. The first-order valence-electron chi connectivity index (χ1n) is 4.77. The molecule has 1 nitrogen and oxygen atoms in total. The topological polar surface area (TPSA) is 20.2 Å². The Kier molecular flexibility index (Phi) is 2.46. The van der Waals surface area contributed by atoms with E-state index in [0.29, 0.717) is 5.92 Å². The third kappa shape index (κ3) is 1.65. The van der Waals surface area contributed by atoms with E-state index < -0.39 is 0 Å². The summed E-state index contributed by atoms with van der Waals surface area (Å²) in [6.45, 7) is 0.267. The van der Waals surface area contributed by atoms with Gasteiger partial charge in [0.1, 0.15) is 0 Å². The van der Waals surface area contributed by atoms with Crippen LogP contribution in [0.3, 0.4) is 0 Å². The van der Waals surface area contributed by atoms with E-state index in [9.17, 15) is 0 Å². The van der Waals surface area contributed by atoms with Gasteiger partial charge in [-0.05, 0) is 24.0 Å². The predicted molar refractivity (Wildman–Crippen MR) is 53.7 cm³/mol. The van der Waals surface area contributed by atoms with Crippen molar-refractivity contribution in [3.63, 3.8) is 0 Å². The van der Waals surface area contributed by atoms with Crippen LogP contribution in [0.2, 0.25) is 0 Å². The monoisotopic (exact) mass is 174 g/mol. The smallest absolute Gasteiger partial charge is 0.0439 e. The van der Waals surface area contributed by atoms with Gasteiger partial charge in [0, 0.05) is 12.5 Å². The Balaban J connectivity index is 2.31. The highest BCUT2D eigenvalue weighted by Gasteiger charge is 2.13. The van der Waals surface area contributed by atoms with E-state index in [2.05, 4.69) is 36.4 Å². The van der Waals surface area contributed by atoms with E-state index in [1.807, 2.05) is 0 Å². The van der Waals surface area contributed by atoms with Crippen molar-refractivity contribution in [1.82, 2.24) is 0 Å². The summed E-state index contributed by atoms with van der Waals surface area (Å²) >= 11 is 0. The lowest BCUT2D eigenvalue weighted by atomic mass is 9.86. The SMILES string of the molecule is OCCC1C=CCc2ccccc21. The molecule has 1 unspecified atom stereocenters. The van der Waals surface area contributed by atoms with E-state index in [1.165, 1.54) is 11.1 Å². The second-order valence-corrected chi connectivity index (χ2v) is 3.45. The van der Waals surface area contributed by atoms with Crippen molar-refractivity contribution in [1.29, 1.82) is 0 Å². The highest BCUT2D eigenvalue weighted by molar-refractivity contribution is 5.37. The van der Waals surface area contributed by atoms with Crippen molar-refractivity contribution in [3.05, 3.63) is 47.5 Å². The summed E-state index contributed by atoms with van der Waals surface area (Å²) in [5, 5.41) is 8.91. The molecule has 0 aliphatic heterocycles. The molecule has 0 fully saturated rings. The van der Waals surface area contributed by atoms with Crippen LogP contribution in [-0.4, -0.2) is 11.7 Å². The molecule has 0 saturated carbocycles. The summed E-state index contributed by atoms with van der Waals surface area (Å²) in [6.07, 6.45) is 6.28. The molecule has 1 aromatic rings. The van der Waals surface area contributed by atoms with Gasteiger partial charge in [0.05, 0.1) is 0 Å². The van der Waals surface area contributed by atoms with Crippen LogP contribution in [0.5, 0.6) is 0 Å². The zero-order valence-corrected chi connectivity index (χ0v) is 7.61. The van der Waals surface area contributed by atoms with Gasteiger partial charge < -0.3 is 5.11 Å². The number of benzene rings is 1. The molecule has 0 spiro atoms. The summed E-state index contributed by atoms with van der Waals surface area (Å²) < 4.78 is 0. The van der Waals surface area contributed by atoms with E-state index in [-0.39, 0.29) is 6.61 Å². The van der Waals surface area contributed by atoms with Gasteiger partial charge in [0.15, 0.2) is 0 Å². The molecule has 0 amide bonds. The highest BCUT2D eigenvalue weighted by Crippen LogP contribution is 2.28. The summed E-state index contributed by atoms with van der Waals surface area (Å²) in [6, 6.07) is 8.48. The highest BCUT2D eigenvalue weighted by atomic mass is 16.3. The molecule has 0 aromatic heterocycles. The minimum absolute atomic E-state index is 0.267. The first-order valence-corrected chi connectivity index (χ1v) is 4.77. The zero-order valence-electron chi connectivity index (χ0n) is 7.61. The Bertz CT molecular complexity index is 315. The average Bonchev–Trinajstić information content (AvgIpc) is 2.19. The van der Waals surface area contributed by atoms with Crippen molar-refractivity contribution in [3.8, 4) is 0 Å². The van der Waals surface area contributed by atoms with Crippen LogP contribution < -0.4 is 0 Å². The Morgan fingerprint density at radius 2 is 2.15 bits per heavy atom. The number of aliphatic hydroxyl groups is 1. The Morgan fingerprint density at radius 3 is 3.00 bits per heavy atom. The van der Waals surface area contributed by atoms with Crippen LogP contribution in [0.15, 0.2) is 36.4 Å². The van der Waals surface area contributed by atoms with Crippen molar-refractivity contribution in [2.45, 2.75) is 18.8 Å². The minimum atomic E-state index is 0.267. The number of hydrogen-bond donors (Lipinski definition) is 1. The first kappa shape index (κ1) is 8.52. The molecule has 1 aliphatic rings. The largest absolute Gasteiger partial charge is 0.396 e. The molecule has 1 aromatic carbocycles. The van der Waals surface area contributed by atoms with Crippen LogP contribution in [0.4, 0.5) is 0 Å². The van der Waals surface area contributed by atoms with Gasteiger partial charge in [-0.25, -0.2) is 0 Å². The zero-order chi connectivity index (χ0) is 9.10. The minimum Gasteiger partial charge on any atom is -0.396 e. The molecule has 0 heterocycles. The number of aliphatic hydroxyl groups excluding tert-OH is 1. The molecule has 2 rings (SSSR count). The molecule has 68 valence electrons. The maximum absolute atomic E-state index is 8.91. The fraction of sp³-hybridized carbons (Fsp3) is 0.333. The van der Waals surface area contributed by atoms with Gasteiger partial charge in [-0.1, -0.05) is 36.4 Å². The van der Waals surface area contributed by atoms with E-state index >= 15 is 0 Å². The molecule has 13 heavy (non-hydrogen) atoms. The van der Waals surface area contributed by atoms with Gasteiger partial charge in [-0.2, -0.15) is 0 Å². The van der Waals surface area contributed by atoms with E-state index in [0.717, 1.165) is 12.8 Å². The van der Waals surface area contributed by atoms with Crippen molar-refractivity contribution >= 4 is 0 Å². The summed E-state index contributed by atoms with van der Waals surface area (Å²) in [7, 11) is 0. The molecular weight excluding hydrogens is 160 g/mol. The maximum atomic E-state index is 8.91. The molecule has 0 saturated heterocycles. The van der Waals surface area contributed by atoms with Crippen molar-refractivity contribution in [2.75, 3.05) is 6.61 Å². The number of rotatable bonds is 2. The quantitative estimate of drug-likeness (QED) is 0.682. The summed E-state index contributed by atoms with van der Waals surface area (Å²) in [5.74, 6) is 0.426. The number of hydrogen-bond acceptors (Lipinski definition) is 1. The van der Waals surface area contributed by atoms with Crippen LogP contribution >= 0.6 is 0 Å². The second kappa shape index (κ2) is 3.75. The molecular formula is C12H14O. The van der Waals surface area contributed by atoms with Gasteiger partial charge in [-0.15, -0.1) is 0 Å². The first-order chi connectivity index (χ1) is 6.42. The third-order valence-electron chi connectivity index (χ3n) is 2.60. The fourth-order valence-electron chi connectivity index (χ4n) is 1.94. The van der Waals surface area contributed by atoms with Crippen LogP contribution in [0.25, 0.3) is 0 Å². The lowest BCUT2D eigenvalue weighted by molar-refractivity contribution is 0.282. The van der Waals surface area contributed by atoms with Crippen LogP contribution in [0, 0.1) is 0 Å². The third-order valence-corrected chi connectivity index (χ3v) is 2.60. The Labute approximate surface area is 78.7 Å². The Hall–Kier alpha value is -1.08. The van der Waals surface area contributed by atoms with Crippen molar-refractivity contribution in [2.24, 2.45) is 0 Å². The molecule has 1 heteroatoms. The van der Waals surface area contributed by atoms with Crippen LogP contribution in [-0.2, 0) is 6.42 Å². The molecule has 0 bridgehead atoms. The van der Waals surface area contributed by atoms with Crippen molar-refractivity contribution < 1.29 is 5.11 Å². The molecule has 1 aliphatic carbocycles. The Morgan fingerprint density at radius 1 is 1.31 bits per heavy atom. The molecule has 1 N–H and O–H groups in total. The standard InChI is InChI=1S/C12H14O/c13-9-8-11-6-3-5-10-4-1-2-7-12(10)11/h1-4,6-7,11,13H,5,8-9H2. The normalized spacial score (nSPS) is 19.9. The molecule has 1 atom stereocenters. The van der Waals surface area contributed by atoms with Gasteiger partial charge in [-0.3, -0.25) is 0 Å². The molecule has 0 radical (unpaired) electrons. The van der Waals surface area contributed by atoms with Gasteiger partial charge in [0.2, 0.25) is 0 Å². The van der Waals surface area contributed by atoms with Gasteiger partial charge >= 0.3 is 0 Å². The predicted octanol–water partition coefficient (Wildman–Crippen LogP) is 2.26. The lowest BCUT2D eigenvalue weighted by Crippen LogP contribution is -2.06. The average molecular weight is 174 g/mol. The van der Waals surface area contributed by atoms with Gasteiger partial charge in [0.25, 0.3) is 0 Å².